The Kier molecular flexibility index (Phi) is 3.97. The van der Waals surface area contributed by atoms with Gasteiger partial charge in [0, 0.05) is 5.56 Å². The van der Waals surface area contributed by atoms with Gasteiger partial charge in [0.1, 0.15) is 11.5 Å². The van der Waals surface area contributed by atoms with Crippen LogP contribution in [0.1, 0.15) is 32.3 Å². The maximum Gasteiger partial charge on any atom is 0.185 e. The summed E-state index contributed by atoms with van der Waals surface area (Å²) in [5.74, 6) is 0.492. The molecule has 0 fully saturated rings. The van der Waals surface area contributed by atoms with Crippen LogP contribution in [0.3, 0.4) is 0 Å². The molecule has 0 aliphatic carbocycles. The highest BCUT2D eigenvalue weighted by Gasteiger charge is 2.09. The van der Waals surface area contributed by atoms with E-state index in [9.17, 15) is 9.59 Å². The molecular formula is C17H13N3O3. The van der Waals surface area contributed by atoms with E-state index in [4.69, 9.17) is 4.42 Å². The van der Waals surface area contributed by atoms with Crippen molar-refractivity contribution in [1.29, 1.82) is 0 Å². The third kappa shape index (κ3) is 3.01. The summed E-state index contributed by atoms with van der Waals surface area (Å²) in [7, 11) is 0. The topological polar surface area (TPSA) is 78.0 Å². The van der Waals surface area contributed by atoms with Crippen LogP contribution in [-0.2, 0) is 0 Å². The van der Waals surface area contributed by atoms with E-state index in [0.29, 0.717) is 29.0 Å². The molecule has 3 aromatic rings. The molecule has 0 atom stereocenters. The summed E-state index contributed by atoms with van der Waals surface area (Å²) in [6, 6.07) is 10.4. The van der Waals surface area contributed by atoms with Crippen molar-refractivity contribution in [2.75, 3.05) is 0 Å². The Morgan fingerprint density at radius 3 is 2.61 bits per heavy atom. The van der Waals surface area contributed by atoms with E-state index in [1.807, 2.05) is 0 Å². The Bertz CT molecular complexity index is 859. The molecule has 0 saturated carbocycles. The Balaban J connectivity index is 1.80. The van der Waals surface area contributed by atoms with Crippen LogP contribution in [0.5, 0.6) is 0 Å². The lowest BCUT2D eigenvalue weighted by Gasteiger charge is -2.03. The van der Waals surface area contributed by atoms with Crippen molar-refractivity contribution in [2.24, 2.45) is 0 Å². The fourth-order valence-corrected chi connectivity index (χ4v) is 2.10. The van der Waals surface area contributed by atoms with E-state index in [1.54, 1.807) is 60.3 Å². The predicted molar refractivity (Wildman–Crippen MR) is 83.6 cm³/mol. The van der Waals surface area contributed by atoms with Crippen LogP contribution in [0.15, 0.2) is 53.2 Å². The fourth-order valence-electron chi connectivity index (χ4n) is 2.10. The number of carbonyl (C=O) groups is 2. The molecule has 0 aliphatic heterocycles. The van der Waals surface area contributed by atoms with E-state index >= 15 is 0 Å². The molecule has 6 heteroatoms. The van der Waals surface area contributed by atoms with Gasteiger partial charge in [-0.15, -0.1) is 5.10 Å². The lowest BCUT2D eigenvalue weighted by atomic mass is 10.1. The van der Waals surface area contributed by atoms with Crippen LogP contribution in [-0.4, -0.2) is 27.1 Å². The summed E-state index contributed by atoms with van der Waals surface area (Å²) in [6.45, 7) is 1.76. The Labute approximate surface area is 132 Å². The highest BCUT2D eigenvalue weighted by Crippen LogP contribution is 2.13. The number of hydrogen-bond donors (Lipinski definition) is 0. The number of hydrogen-bond acceptors (Lipinski definition) is 5. The van der Waals surface area contributed by atoms with Crippen LogP contribution in [0.25, 0.3) is 11.8 Å². The van der Waals surface area contributed by atoms with Crippen molar-refractivity contribution in [3.8, 4) is 5.69 Å². The van der Waals surface area contributed by atoms with Crippen molar-refractivity contribution in [3.05, 3.63) is 71.4 Å². The van der Waals surface area contributed by atoms with Crippen LogP contribution < -0.4 is 0 Å². The molecule has 114 valence electrons. The zero-order valence-corrected chi connectivity index (χ0v) is 12.3. The van der Waals surface area contributed by atoms with Gasteiger partial charge in [0.15, 0.2) is 12.1 Å². The molecule has 6 nitrogen and oxygen atoms in total. The van der Waals surface area contributed by atoms with Crippen molar-refractivity contribution in [2.45, 2.75) is 6.92 Å². The van der Waals surface area contributed by atoms with Gasteiger partial charge in [-0.05, 0) is 55.5 Å². The summed E-state index contributed by atoms with van der Waals surface area (Å²) in [5, 5.41) is 7.71. The number of carbonyl (C=O) groups excluding carboxylic acids is 2. The number of allylic oxidation sites excluding steroid dienone is 1. The van der Waals surface area contributed by atoms with Crippen LogP contribution in [0, 0.1) is 6.92 Å². The molecule has 0 N–H and O–H groups in total. The third-order valence-corrected chi connectivity index (χ3v) is 3.38. The number of benzene rings is 1. The first-order valence-electron chi connectivity index (χ1n) is 6.93. The number of nitrogens with zero attached hydrogens (tertiary/aromatic N) is 3. The second-order valence-electron chi connectivity index (χ2n) is 4.85. The average molecular weight is 307 g/mol. The molecule has 0 spiro atoms. The first-order valence-corrected chi connectivity index (χ1v) is 6.93. The molecule has 23 heavy (non-hydrogen) atoms. The summed E-state index contributed by atoms with van der Waals surface area (Å²) in [6.07, 6.45) is 5.29. The van der Waals surface area contributed by atoms with Gasteiger partial charge in [0.2, 0.25) is 0 Å². The molecule has 0 unspecified atom stereocenters. The SMILES string of the molecule is Cc1c(C=O)nnn1-c1ccc(C(=O)/C=C/c2ccco2)cc1. The molecule has 1 aromatic carbocycles. The normalized spacial score (nSPS) is 11.0. The molecule has 0 saturated heterocycles. The number of ketones is 1. The zero-order chi connectivity index (χ0) is 16.2. The van der Waals surface area contributed by atoms with Crippen molar-refractivity contribution in [3.63, 3.8) is 0 Å². The maximum absolute atomic E-state index is 12.1. The largest absolute Gasteiger partial charge is 0.465 e. The van der Waals surface area contributed by atoms with Crippen molar-refractivity contribution in [1.82, 2.24) is 15.0 Å². The quantitative estimate of drug-likeness (QED) is 0.411. The summed E-state index contributed by atoms with van der Waals surface area (Å²) < 4.78 is 6.69. The van der Waals surface area contributed by atoms with E-state index in [2.05, 4.69) is 10.3 Å². The van der Waals surface area contributed by atoms with E-state index in [-0.39, 0.29) is 5.78 Å². The number of aldehydes is 1. The first kappa shape index (κ1) is 14.6. The van der Waals surface area contributed by atoms with E-state index in [0.717, 1.165) is 5.69 Å². The first-order chi connectivity index (χ1) is 11.2. The van der Waals surface area contributed by atoms with Crippen molar-refractivity contribution >= 4 is 18.1 Å². The molecule has 0 bridgehead atoms. The van der Waals surface area contributed by atoms with E-state index in [1.165, 1.54) is 6.08 Å². The molecule has 2 aromatic heterocycles. The maximum atomic E-state index is 12.1. The third-order valence-electron chi connectivity index (χ3n) is 3.38. The monoisotopic (exact) mass is 307 g/mol. The van der Waals surface area contributed by atoms with Crippen molar-refractivity contribution < 1.29 is 14.0 Å². The zero-order valence-electron chi connectivity index (χ0n) is 12.3. The molecule has 0 amide bonds. The van der Waals surface area contributed by atoms with Gasteiger partial charge in [-0.25, -0.2) is 4.68 Å². The van der Waals surface area contributed by atoms with Gasteiger partial charge in [-0.1, -0.05) is 5.21 Å². The summed E-state index contributed by atoms with van der Waals surface area (Å²) in [5.41, 5.74) is 2.22. The highest BCUT2D eigenvalue weighted by atomic mass is 16.3. The number of aromatic nitrogens is 3. The van der Waals surface area contributed by atoms with Gasteiger partial charge in [0.05, 0.1) is 17.6 Å². The minimum atomic E-state index is -0.128. The predicted octanol–water partition coefficient (Wildman–Crippen LogP) is 2.88. The van der Waals surface area contributed by atoms with Crippen LogP contribution in [0.4, 0.5) is 0 Å². The van der Waals surface area contributed by atoms with Crippen LogP contribution >= 0.6 is 0 Å². The molecule has 0 aliphatic rings. The minimum absolute atomic E-state index is 0.128. The summed E-state index contributed by atoms with van der Waals surface area (Å²) >= 11 is 0. The molecule has 0 radical (unpaired) electrons. The number of furan rings is 1. The van der Waals surface area contributed by atoms with Gasteiger partial charge in [-0.2, -0.15) is 0 Å². The molecular weight excluding hydrogens is 294 g/mol. The minimum Gasteiger partial charge on any atom is -0.465 e. The number of rotatable bonds is 5. The average Bonchev–Trinajstić information content (AvgIpc) is 3.22. The summed E-state index contributed by atoms with van der Waals surface area (Å²) in [4.78, 5) is 22.9. The van der Waals surface area contributed by atoms with Gasteiger partial charge >= 0.3 is 0 Å². The lowest BCUT2D eigenvalue weighted by Crippen LogP contribution is -2.01. The Hall–Kier alpha value is -3.28. The highest BCUT2D eigenvalue weighted by molar-refractivity contribution is 6.06. The second-order valence-corrected chi connectivity index (χ2v) is 4.85. The molecule has 3 rings (SSSR count). The second kappa shape index (κ2) is 6.23. The smallest absolute Gasteiger partial charge is 0.185 e. The Morgan fingerprint density at radius 2 is 2.00 bits per heavy atom. The van der Waals surface area contributed by atoms with Crippen LogP contribution in [0.2, 0.25) is 0 Å². The fraction of sp³-hybridized carbons (Fsp3) is 0.0588. The van der Waals surface area contributed by atoms with Gasteiger partial charge in [-0.3, -0.25) is 9.59 Å². The Morgan fingerprint density at radius 1 is 1.22 bits per heavy atom. The van der Waals surface area contributed by atoms with E-state index < -0.39 is 0 Å². The van der Waals surface area contributed by atoms with Gasteiger partial charge < -0.3 is 4.42 Å². The molecule has 2 heterocycles. The lowest BCUT2D eigenvalue weighted by molar-refractivity contribution is 0.104. The standard InChI is InChI=1S/C17H13N3O3/c1-12-16(11-21)18-19-20(12)14-6-4-13(5-7-14)17(22)9-8-15-3-2-10-23-15/h2-11H,1H3/b9-8+. The van der Waals surface area contributed by atoms with Gasteiger partial charge in [0.25, 0.3) is 0 Å².